The van der Waals surface area contributed by atoms with Crippen molar-refractivity contribution in [2.24, 2.45) is 0 Å². The summed E-state index contributed by atoms with van der Waals surface area (Å²) in [4.78, 5) is 11.6. The Kier molecular flexibility index (Phi) is 4.10. The highest BCUT2D eigenvalue weighted by molar-refractivity contribution is 7.13. The maximum atomic E-state index is 11.6. The van der Waals surface area contributed by atoms with Crippen LogP contribution in [-0.2, 0) is 0 Å². The number of amides is 2. The zero-order chi connectivity index (χ0) is 11.2. The van der Waals surface area contributed by atoms with Crippen molar-refractivity contribution in [2.45, 2.75) is 44.6 Å². The molecule has 0 aromatic carbocycles. The van der Waals surface area contributed by atoms with E-state index in [4.69, 9.17) is 0 Å². The number of rotatable bonds is 2. The Balaban J connectivity index is 1.77. The monoisotopic (exact) mass is 240 g/mol. The maximum Gasteiger partial charge on any atom is 0.321 e. The Hall–Kier alpha value is -1.17. The first kappa shape index (κ1) is 11.3. The van der Waals surface area contributed by atoms with E-state index in [2.05, 4.69) is 20.8 Å². The van der Waals surface area contributed by atoms with Crippen LogP contribution in [0.2, 0.25) is 0 Å². The molecule has 1 heterocycles. The van der Waals surface area contributed by atoms with Gasteiger partial charge in [0, 0.05) is 6.04 Å². The molecule has 2 rings (SSSR count). The SMILES string of the molecule is O=C(Nc1nncs1)NC1CCCCCC1. The lowest BCUT2D eigenvalue weighted by Crippen LogP contribution is -2.37. The highest BCUT2D eigenvalue weighted by Gasteiger charge is 2.14. The summed E-state index contributed by atoms with van der Waals surface area (Å²) in [5, 5.41) is 13.6. The number of hydrogen-bond donors (Lipinski definition) is 2. The van der Waals surface area contributed by atoms with Crippen LogP contribution in [0.25, 0.3) is 0 Å². The zero-order valence-electron chi connectivity index (χ0n) is 9.11. The van der Waals surface area contributed by atoms with Crippen molar-refractivity contribution in [1.29, 1.82) is 0 Å². The molecule has 0 unspecified atom stereocenters. The predicted molar refractivity (Wildman–Crippen MR) is 63.6 cm³/mol. The fourth-order valence-corrected chi connectivity index (χ4v) is 2.41. The van der Waals surface area contributed by atoms with Crippen molar-refractivity contribution in [3.8, 4) is 0 Å². The van der Waals surface area contributed by atoms with Crippen LogP contribution in [0.5, 0.6) is 0 Å². The van der Waals surface area contributed by atoms with Gasteiger partial charge in [0.25, 0.3) is 0 Å². The Bertz CT molecular complexity index is 320. The first-order valence-electron chi connectivity index (χ1n) is 5.68. The molecule has 6 heteroatoms. The minimum atomic E-state index is -0.163. The topological polar surface area (TPSA) is 66.9 Å². The molecule has 1 aromatic heterocycles. The lowest BCUT2D eigenvalue weighted by molar-refractivity contribution is 0.247. The molecular weight excluding hydrogens is 224 g/mol. The van der Waals surface area contributed by atoms with E-state index in [1.807, 2.05) is 0 Å². The molecule has 1 aromatic rings. The zero-order valence-corrected chi connectivity index (χ0v) is 9.92. The van der Waals surface area contributed by atoms with Gasteiger partial charge in [-0.3, -0.25) is 5.32 Å². The Labute approximate surface area is 98.7 Å². The summed E-state index contributed by atoms with van der Waals surface area (Å²) in [6.07, 6.45) is 7.17. The van der Waals surface area contributed by atoms with E-state index < -0.39 is 0 Å². The fourth-order valence-electron chi connectivity index (χ4n) is 1.97. The highest BCUT2D eigenvalue weighted by Crippen LogP contribution is 2.17. The molecule has 88 valence electrons. The van der Waals surface area contributed by atoms with E-state index >= 15 is 0 Å². The molecule has 5 nitrogen and oxygen atoms in total. The van der Waals surface area contributed by atoms with E-state index in [0.717, 1.165) is 12.8 Å². The summed E-state index contributed by atoms with van der Waals surface area (Å²) in [7, 11) is 0. The number of anilines is 1. The Morgan fingerprint density at radius 1 is 1.31 bits per heavy atom. The van der Waals surface area contributed by atoms with Gasteiger partial charge in [-0.15, -0.1) is 10.2 Å². The second kappa shape index (κ2) is 5.79. The average Bonchev–Trinajstić information content (AvgIpc) is 2.62. The lowest BCUT2D eigenvalue weighted by atomic mass is 10.1. The molecule has 1 saturated carbocycles. The number of carbonyl (C=O) groups is 1. The molecular formula is C10H16N4OS. The molecule has 0 atom stereocenters. The summed E-state index contributed by atoms with van der Waals surface area (Å²) in [6.45, 7) is 0. The van der Waals surface area contributed by atoms with Gasteiger partial charge in [-0.1, -0.05) is 37.0 Å². The van der Waals surface area contributed by atoms with Crippen LogP contribution in [0, 0.1) is 0 Å². The first-order chi connectivity index (χ1) is 7.84. The largest absolute Gasteiger partial charge is 0.335 e. The Morgan fingerprint density at radius 2 is 2.06 bits per heavy atom. The molecule has 1 aliphatic rings. The normalized spacial score (nSPS) is 17.8. The third-order valence-electron chi connectivity index (χ3n) is 2.77. The van der Waals surface area contributed by atoms with Gasteiger partial charge in [0.15, 0.2) is 0 Å². The smallest absolute Gasteiger partial charge is 0.321 e. The quantitative estimate of drug-likeness (QED) is 0.780. The van der Waals surface area contributed by atoms with E-state index in [-0.39, 0.29) is 6.03 Å². The minimum Gasteiger partial charge on any atom is -0.335 e. The van der Waals surface area contributed by atoms with Crippen molar-refractivity contribution in [3.63, 3.8) is 0 Å². The van der Waals surface area contributed by atoms with E-state index in [9.17, 15) is 4.79 Å². The molecule has 0 saturated heterocycles. The Morgan fingerprint density at radius 3 is 2.69 bits per heavy atom. The molecule has 0 aliphatic heterocycles. The van der Waals surface area contributed by atoms with E-state index in [0.29, 0.717) is 11.2 Å². The van der Waals surface area contributed by atoms with Crippen LogP contribution >= 0.6 is 11.3 Å². The van der Waals surface area contributed by atoms with Crippen LogP contribution in [-0.4, -0.2) is 22.3 Å². The molecule has 0 bridgehead atoms. The minimum absolute atomic E-state index is 0.163. The van der Waals surface area contributed by atoms with Crippen molar-refractivity contribution >= 4 is 22.5 Å². The molecule has 16 heavy (non-hydrogen) atoms. The fraction of sp³-hybridized carbons (Fsp3) is 0.700. The van der Waals surface area contributed by atoms with Gasteiger partial charge in [0.2, 0.25) is 5.13 Å². The van der Waals surface area contributed by atoms with Crippen molar-refractivity contribution in [2.75, 3.05) is 5.32 Å². The molecule has 2 N–H and O–H groups in total. The molecule has 1 aliphatic carbocycles. The van der Waals surface area contributed by atoms with Crippen LogP contribution in [0.15, 0.2) is 5.51 Å². The van der Waals surface area contributed by atoms with Gasteiger partial charge < -0.3 is 5.32 Å². The van der Waals surface area contributed by atoms with E-state index in [1.165, 1.54) is 37.0 Å². The van der Waals surface area contributed by atoms with Gasteiger partial charge in [0.05, 0.1) is 0 Å². The van der Waals surface area contributed by atoms with Crippen LogP contribution in [0.3, 0.4) is 0 Å². The second-order valence-corrected chi connectivity index (χ2v) is 4.86. The van der Waals surface area contributed by atoms with Gasteiger partial charge in [0.1, 0.15) is 5.51 Å². The molecule has 0 spiro atoms. The van der Waals surface area contributed by atoms with Gasteiger partial charge >= 0.3 is 6.03 Å². The molecule has 2 amide bonds. The van der Waals surface area contributed by atoms with Crippen molar-refractivity contribution < 1.29 is 4.79 Å². The first-order valence-corrected chi connectivity index (χ1v) is 6.56. The van der Waals surface area contributed by atoms with Crippen LogP contribution < -0.4 is 10.6 Å². The molecule has 1 fully saturated rings. The van der Waals surface area contributed by atoms with Crippen molar-refractivity contribution in [1.82, 2.24) is 15.5 Å². The van der Waals surface area contributed by atoms with Crippen molar-refractivity contribution in [3.05, 3.63) is 5.51 Å². The average molecular weight is 240 g/mol. The van der Waals surface area contributed by atoms with Crippen LogP contribution in [0.4, 0.5) is 9.93 Å². The van der Waals surface area contributed by atoms with Gasteiger partial charge in [-0.25, -0.2) is 4.79 Å². The van der Waals surface area contributed by atoms with E-state index in [1.54, 1.807) is 5.51 Å². The number of nitrogens with one attached hydrogen (secondary N) is 2. The highest BCUT2D eigenvalue weighted by atomic mass is 32.1. The predicted octanol–water partition coefficient (Wildman–Crippen LogP) is 2.38. The third-order valence-corrected chi connectivity index (χ3v) is 3.38. The lowest BCUT2D eigenvalue weighted by Gasteiger charge is -2.15. The van der Waals surface area contributed by atoms with Gasteiger partial charge in [-0.2, -0.15) is 0 Å². The van der Waals surface area contributed by atoms with Gasteiger partial charge in [-0.05, 0) is 12.8 Å². The summed E-state index contributed by atoms with van der Waals surface area (Å²) >= 11 is 1.32. The number of nitrogens with zero attached hydrogens (tertiary/aromatic N) is 2. The van der Waals surface area contributed by atoms with Crippen LogP contribution in [0.1, 0.15) is 38.5 Å². The summed E-state index contributed by atoms with van der Waals surface area (Å²) in [5.74, 6) is 0. The number of urea groups is 1. The third kappa shape index (κ3) is 3.44. The second-order valence-electron chi connectivity index (χ2n) is 4.03. The summed E-state index contributed by atoms with van der Waals surface area (Å²) in [6, 6.07) is 0.152. The summed E-state index contributed by atoms with van der Waals surface area (Å²) in [5.41, 5.74) is 1.60. The molecule has 0 radical (unpaired) electrons. The number of aromatic nitrogens is 2. The maximum absolute atomic E-state index is 11.6. The number of hydrogen-bond acceptors (Lipinski definition) is 4. The standard InChI is InChI=1S/C10H16N4OS/c15-9(13-10-14-11-7-16-10)12-8-5-3-1-2-4-6-8/h7-8H,1-6H2,(H2,12,13,14,15). The summed E-state index contributed by atoms with van der Waals surface area (Å²) < 4.78 is 0. The number of carbonyl (C=O) groups excluding carboxylic acids is 1.